The third kappa shape index (κ3) is 5.90. The van der Waals surface area contributed by atoms with Crippen LogP contribution >= 0.6 is 11.3 Å². The Labute approximate surface area is 168 Å². The van der Waals surface area contributed by atoms with Crippen LogP contribution in [0, 0.1) is 0 Å². The number of benzene rings is 1. The van der Waals surface area contributed by atoms with Crippen LogP contribution in [0.15, 0.2) is 36.4 Å². The first kappa shape index (κ1) is 21.6. The minimum Gasteiger partial charge on any atom is -0.462 e. The maximum absolute atomic E-state index is 12.4. The highest BCUT2D eigenvalue weighted by atomic mass is 32.1. The van der Waals surface area contributed by atoms with Crippen LogP contribution in [-0.4, -0.2) is 63.5 Å². The van der Waals surface area contributed by atoms with E-state index < -0.39 is 5.97 Å². The number of amides is 2. The van der Waals surface area contributed by atoms with Gasteiger partial charge in [-0.15, -0.1) is 11.3 Å². The molecule has 0 aliphatic heterocycles. The molecule has 2 amide bonds. The lowest BCUT2D eigenvalue weighted by Gasteiger charge is -2.16. The first-order chi connectivity index (χ1) is 13.3. The number of anilines is 1. The molecule has 0 fully saturated rings. The standard InChI is InChI=1S/C20H25N3O4S/c1-5-27-20(26)19-15(11-16(28-19)14-9-7-6-8-10-14)21-17(24)12-23(4)13-18(25)22(2)3/h6-11H,5,12-13H2,1-4H3,(H,21,24)/p+1. The Morgan fingerprint density at radius 3 is 2.43 bits per heavy atom. The molecule has 0 saturated heterocycles. The number of ether oxygens (including phenoxy) is 1. The minimum atomic E-state index is -0.464. The van der Waals surface area contributed by atoms with Crippen LogP contribution in [0.4, 0.5) is 5.69 Å². The van der Waals surface area contributed by atoms with Crippen molar-refractivity contribution in [2.45, 2.75) is 6.92 Å². The Morgan fingerprint density at radius 1 is 1.14 bits per heavy atom. The number of hydrogen-bond acceptors (Lipinski definition) is 5. The fourth-order valence-electron chi connectivity index (χ4n) is 2.52. The number of thiophene rings is 1. The lowest BCUT2D eigenvalue weighted by atomic mass is 10.2. The van der Waals surface area contributed by atoms with Crippen LogP contribution in [0.5, 0.6) is 0 Å². The summed E-state index contributed by atoms with van der Waals surface area (Å²) in [6.45, 7) is 2.31. The van der Waals surface area contributed by atoms with Crippen molar-refractivity contribution in [1.82, 2.24) is 4.90 Å². The highest BCUT2D eigenvalue weighted by Crippen LogP contribution is 2.35. The Kier molecular flexibility index (Phi) is 7.71. The Balaban J connectivity index is 2.16. The van der Waals surface area contributed by atoms with Gasteiger partial charge in [0.1, 0.15) is 4.88 Å². The fourth-order valence-corrected chi connectivity index (χ4v) is 3.54. The van der Waals surface area contributed by atoms with Crippen LogP contribution < -0.4 is 10.2 Å². The number of rotatable bonds is 8. The van der Waals surface area contributed by atoms with Gasteiger partial charge in [-0.3, -0.25) is 9.59 Å². The molecule has 1 aromatic carbocycles. The molecule has 7 nitrogen and oxygen atoms in total. The fraction of sp³-hybridized carbons (Fsp3) is 0.350. The van der Waals surface area contributed by atoms with Crippen molar-refractivity contribution >= 4 is 34.8 Å². The van der Waals surface area contributed by atoms with Crippen molar-refractivity contribution in [3.63, 3.8) is 0 Å². The number of esters is 1. The molecule has 2 rings (SSSR count). The Morgan fingerprint density at radius 2 is 1.82 bits per heavy atom. The average molecular weight is 405 g/mol. The van der Waals surface area contributed by atoms with Gasteiger partial charge in [0, 0.05) is 19.0 Å². The van der Waals surface area contributed by atoms with Gasteiger partial charge in [-0.25, -0.2) is 4.79 Å². The molecule has 1 unspecified atom stereocenters. The monoisotopic (exact) mass is 404 g/mol. The average Bonchev–Trinajstić information content (AvgIpc) is 3.06. The van der Waals surface area contributed by atoms with Crippen LogP contribution in [0.2, 0.25) is 0 Å². The molecule has 2 aromatic rings. The van der Waals surface area contributed by atoms with E-state index in [0.29, 0.717) is 10.6 Å². The minimum absolute atomic E-state index is 0.0561. The molecule has 1 heterocycles. The number of carbonyl (C=O) groups is 3. The van der Waals surface area contributed by atoms with E-state index in [1.54, 1.807) is 34.1 Å². The number of nitrogens with one attached hydrogen (secondary N) is 2. The summed E-state index contributed by atoms with van der Waals surface area (Å²) in [5.41, 5.74) is 1.39. The molecule has 0 saturated carbocycles. The van der Waals surface area contributed by atoms with Crippen LogP contribution in [0.25, 0.3) is 10.4 Å². The second-order valence-electron chi connectivity index (χ2n) is 6.59. The van der Waals surface area contributed by atoms with E-state index in [9.17, 15) is 14.4 Å². The molecular weight excluding hydrogens is 378 g/mol. The van der Waals surface area contributed by atoms with E-state index in [-0.39, 0.29) is 31.5 Å². The van der Waals surface area contributed by atoms with Crippen molar-refractivity contribution in [2.24, 2.45) is 0 Å². The SMILES string of the molecule is CCOC(=O)c1sc(-c2ccccc2)cc1NC(=O)C[NH+](C)CC(=O)N(C)C. The van der Waals surface area contributed by atoms with Crippen molar-refractivity contribution < 1.29 is 24.0 Å². The summed E-state index contributed by atoms with van der Waals surface area (Å²) in [5.74, 6) is -0.792. The van der Waals surface area contributed by atoms with Crippen molar-refractivity contribution in [2.75, 3.05) is 46.2 Å². The summed E-state index contributed by atoms with van der Waals surface area (Å²) < 4.78 is 5.12. The van der Waals surface area contributed by atoms with Gasteiger partial charge in [-0.1, -0.05) is 30.3 Å². The molecule has 0 spiro atoms. The van der Waals surface area contributed by atoms with Crippen LogP contribution in [0.1, 0.15) is 16.6 Å². The third-order valence-corrected chi connectivity index (χ3v) is 5.10. The topological polar surface area (TPSA) is 80.1 Å². The lowest BCUT2D eigenvalue weighted by Crippen LogP contribution is -3.11. The second-order valence-corrected chi connectivity index (χ2v) is 7.64. The summed E-state index contributed by atoms with van der Waals surface area (Å²) in [6.07, 6.45) is 0. The number of carbonyl (C=O) groups excluding carboxylic acids is 3. The van der Waals surface area contributed by atoms with Gasteiger partial charge in [0.05, 0.1) is 19.3 Å². The van der Waals surface area contributed by atoms with E-state index >= 15 is 0 Å². The second kappa shape index (κ2) is 10.0. The van der Waals surface area contributed by atoms with Crippen molar-refractivity contribution in [1.29, 1.82) is 0 Å². The van der Waals surface area contributed by atoms with Gasteiger partial charge in [0.15, 0.2) is 13.1 Å². The zero-order valence-electron chi connectivity index (χ0n) is 16.6. The first-order valence-electron chi connectivity index (χ1n) is 8.99. The molecule has 0 aliphatic rings. The Bertz CT molecular complexity index is 833. The number of nitrogens with zero attached hydrogens (tertiary/aromatic N) is 1. The highest BCUT2D eigenvalue weighted by molar-refractivity contribution is 7.18. The Hall–Kier alpha value is -2.71. The van der Waals surface area contributed by atoms with Crippen LogP contribution in [-0.2, 0) is 14.3 Å². The predicted octanol–water partition coefficient (Wildman–Crippen LogP) is 1.13. The smallest absolute Gasteiger partial charge is 0.350 e. The van der Waals surface area contributed by atoms with Gasteiger partial charge in [-0.05, 0) is 18.6 Å². The molecule has 0 aliphatic carbocycles. The zero-order chi connectivity index (χ0) is 20.7. The van der Waals surface area contributed by atoms with Gasteiger partial charge >= 0.3 is 5.97 Å². The number of hydrogen-bond donors (Lipinski definition) is 2. The molecule has 28 heavy (non-hydrogen) atoms. The molecule has 8 heteroatoms. The van der Waals surface area contributed by atoms with E-state index in [1.165, 1.54) is 16.2 Å². The number of quaternary nitrogens is 1. The summed E-state index contributed by atoms with van der Waals surface area (Å²) in [4.78, 5) is 40.0. The summed E-state index contributed by atoms with van der Waals surface area (Å²) in [7, 11) is 5.13. The van der Waals surface area contributed by atoms with Gasteiger partial charge in [0.25, 0.3) is 11.8 Å². The molecule has 0 bridgehead atoms. The zero-order valence-corrected chi connectivity index (χ0v) is 17.4. The molecule has 1 aromatic heterocycles. The molecule has 2 N–H and O–H groups in total. The first-order valence-corrected chi connectivity index (χ1v) is 9.81. The van der Waals surface area contributed by atoms with Crippen LogP contribution in [0.3, 0.4) is 0 Å². The summed E-state index contributed by atoms with van der Waals surface area (Å²) in [6, 6.07) is 11.4. The van der Waals surface area contributed by atoms with E-state index in [1.807, 2.05) is 30.3 Å². The van der Waals surface area contributed by atoms with Gasteiger partial charge in [-0.2, -0.15) is 0 Å². The molecular formula is C20H26N3O4S+. The summed E-state index contributed by atoms with van der Waals surface area (Å²) >= 11 is 1.28. The van der Waals surface area contributed by atoms with Crippen molar-refractivity contribution in [3.05, 3.63) is 41.3 Å². The van der Waals surface area contributed by atoms with E-state index in [4.69, 9.17) is 4.74 Å². The molecule has 0 radical (unpaired) electrons. The van der Waals surface area contributed by atoms with Gasteiger partial charge < -0.3 is 19.9 Å². The van der Waals surface area contributed by atoms with E-state index in [0.717, 1.165) is 15.3 Å². The normalized spacial score (nSPS) is 11.6. The van der Waals surface area contributed by atoms with Crippen molar-refractivity contribution in [3.8, 4) is 10.4 Å². The number of likely N-dealkylation sites (N-methyl/N-ethyl adjacent to an activating group) is 2. The predicted molar refractivity (Wildman–Crippen MR) is 110 cm³/mol. The quantitative estimate of drug-likeness (QED) is 0.647. The molecule has 150 valence electrons. The third-order valence-electron chi connectivity index (χ3n) is 3.94. The highest BCUT2D eigenvalue weighted by Gasteiger charge is 2.22. The molecule has 1 atom stereocenters. The lowest BCUT2D eigenvalue weighted by molar-refractivity contribution is -0.862. The van der Waals surface area contributed by atoms with E-state index in [2.05, 4.69) is 5.32 Å². The summed E-state index contributed by atoms with van der Waals surface area (Å²) in [5, 5.41) is 2.80. The van der Waals surface area contributed by atoms with Gasteiger partial charge in [0.2, 0.25) is 0 Å². The largest absolute Gasteiger partial charge is 0.462 e. The maximum atomic E-state index is 12.4. The maximum Gasteiger partial charge on any atom is 0.350 e.